The molecule has 0 spiro atoms. The molecule has 0 aromatic carbocycles. The second-order valence-electron chi connectivity index (χ2n) is 10.7. The number of carbonyl (C=O) groups is 2. The summed E-state index contributed by atoms with van der Waals surface area (Å²) in [5.41, 5.74) is -4.79. The zero-order chi connectivity index (χ0) is 23.0. The Kier molecular flexibility index (Phi) is 5.41. The lowest BCUT2D eigenvalue weighted by atomic mass is 9.43. The van der Waals surface area contributed by atoms with E-state index in [4.69, 9.17) is 17.0 Å². The highest BCUT2D eigenvalue weighted by Gasteiger charge is 2.76. The van der Waals surface area contributed by atoms with Gasteiger partial charge in [0.15, 0.2) is 11.6 Å². The third kappa shape index (κ3) is 2.66. The van der Waals surface area contributed by atoms with Crippen LogP contribution in [0.25, 0.3) is 0 Å². The number of carbonyl (C=O) groups excluding carboxylic acids is 2. The summed E-state index contributed by atoms with van der Waals surface area (Å²) in [5.74, 6) is -1.69. The van der Waals surface area contributed by atoms with Crippen molar-refractivity contribution in [2.45, 2.75) is 82.8 Å². The van der Waals surface area contributed by atoms with E-state index in [0.29, 0.717) is 25.7 Å². The van der Waals surface area contributed by atoms with E-state index in [1.54, 1.807) is 6.08 Å². The number of aliphatic hydroxyl groups excluding tert-OH is 1. The van der Waals surface area contributed by atoms with Crippen LogP contribution in [-0.2, 0) is 14.3 Å². The minimum absolute atomic E-state index is 0.0184. The Morgan fingerprint density at radius 3 is 2.65 bits per heavy atom. The monoisotopic (exact) mass is 452 g/mol. The summed E-state index contributed by atoms with van der Waals surface area (Å²) in [6, 6.07) is 0. The highest BCUT2D eigenvalue weighted by molar-refractivity contribution is 7.79. The normalized spacial score (nSPS) is 50.0. The predicted molar refractivity (Wildman–Crippen MR) is 117 cm³/mol. The first-order chi connectivity index (χ1) is 14.4. The molecule has 3 fully saturated rings. The van der Waals surface area contributed by atoms with Gasteiger partial charge in [0.25, 0.3) is 0 Å². The van der Waals surface area contributed by atoms with Crippen LogP contribution < -0.4 is 0 Å². The van der Waals surface area contributed by atoms with E-state index in [-0.39, 0.29) is 24.5 Å². The number of Topliss-reactive ketones (excluding diaryl/α,β-unsaturated/α-hetero) is 1. The van der Waals surface area contributed by atoms with Gasteiger partial charge in [-0.25, -0.2) is 4.39 Å². The first kappa shape index (κ1) is 23.1. The lowest BCUT2D eigenvalue weighted by Crippen LogP contribution is -2.70. The van der Waals surface area contributed by atoms with Gasteiger partial charge in [-0.05, 0) is 50.0 Å². The van der Waals surface area contributed by atoms with E-state index in [1.165, 1.54) is 12.5 Å². The number of aliphatic hydroxyl groups is 2. The largest absolute Gasteiger partial charge is 0.390 e. The van der Waals surface area contributed by atoms with Crippen LogP contribution in [0, 0.1) is 28.6 Å². The van der Waals surface area contributed by atoms with Crippen LogP contribution >= 0.6 is 12.2 Å². The molecule has 1 unspecified atom stereocenters. The molecule has 0 bridgehead atoms. The highest BCUT2D eigenvalue weighted by Crippen LogP contribution is 2.71. The Morgan fingerprint density at radius 1 is 1.35 bits per heavy atom. The van der Waals surface area contributed by atoms with Gasteiger partial charge >= 0.3 is 0 Å². The molecule has 0 aromatic heterocycles. The number of alkyl halides is 1. The fourth-order valence-electron chi connectivity index (χ4n) is 7.87. The predicted octanol–water partition coefficient (Wildman–Crippen LogP) is 3.14. The highest BCUT2D eigenvalue weighted by atomic mass is 32.1. The van der Waals surface area contributed by atoms with Crippen LogP contribution in [0.15, 0.2) is 11.6 Å². The minimum Gasteiger partial charge on any atom is -0.390 e. The van der Waals surface area contributed by atoms with Gasteiger partial charge in [-0.1, -0.05) is 38.6 Å². The van der Waals surface area contributed by atoms with Crippen molar-refractivity contribution in [3.8, 4) is 0 Å². The van der Waals surface area contributed by atoms with E-state index in [9.17, 15) is 19.8 Å². The number of allylic oxidation sites excluding steroid dienone is 1. The molecule has 0 heterocycles. The Balaban J connectivity index is 1.80. The number of hydrogen-bond donors (Lipinski definition) is 2. The van der Waals surface area contributed by atoms with Crippen molar-refractivity contribution in [3.63, 3.8) is 0 Å². The molecule has 31 heavy (non-hydrogen) atoms. The van der Waals surface area contributed by atoms with Crippen LogP contribution in [-0.4, -0.2) is 57.7 Å². The minimum atomic E-state index is -1.90. The molecule has 9 atom stereocenters. The van der Waals surface area contributed by atoms with Crippen LogP contribution in [0.3, 0.4) is 0 Å². The lowest BCUT2D eigenvalue weighted by molar-refractivity contribution is -0.229. The molecule has 4 aliphatic carbocycles. The van der Waals surface area contributed by atoms with Crippen molar-refractivity contribution in [3.05, 3.63) is 11.6 Å². The van der Waals surface area contributed by atoms with Crippen molar-refractivity contribution in [1.29, 1.82) is 0 Å². The summed E-state index contributed by atoms with van der Waals surface area (Å²) < 4.78 is 22.3. The molecule has 4 rings (SSSR count). The maximum absolute atomic E-state index is 17.1. The summed E-state index contributed by atoms with van der Waals surface area (Å²) >= 11 is 4.95. The van der Waals surface area contributed by atoms with Gasteiger partial charge in [-0.3, -0.25) is 9.59 Å². The van der Waals surface area contributed by atoms with E-state index in [0.717, 1.165) is 5.57 Å². The van der Waals surface area contributed by atoms with E-state index in [1.807, 2.05) is 20.8 Å². The van der Waals surface area contributed by atoms with Gasteiger partial charge in [0.05, 0.1) is 6.10 Å². The van der Waals surface area contributed by atoms with Crippen molar-refractivity contribution in [2.24, 2.45) is 28.6 Å². The molecule has 4 aliphatic rings. The summed E-state index contributed by atoms with van der Waals surface area (Å²) in [7, 11) is 1.37. The molecular formula is C24H33FO5S. The van der Waals surface area contributed by atoms with Crippen LogP contribution in [0.5, 0.6) is 0 Å². The molecule has 5 nitrogen and oxygen atoms in total. The Bertz CT molecular complexity index is 859. The maximum Gasteiger partial charge on any atom is 0.198 e. The van der Waals surface area contributed by atoms with E-state index in [2.05, 4.69) is 0 Å². The van der Waals surface area contributed by atoms with Crippen LogP contribution in [0.2, 0.25) is 0 Å². The van der Waals surface area contributed by atoms with Gasteiger partial charge in [0.1, 0.15) is 17.4 Å². The Morgan fingerprint density at radius 2 is 2.03 bits per heavy atom. The number of rotatable bonds is 4. The van der Waals surface area contributed by atoms with E-state index < -0.39 is 51.9 Å². The molecule has 0 saturated heterocycles. The molecular weight excluding hydrogens is 419 g/mol. The van der Waals surface area contributed by atoms with Gasteiger partial charge in [-0.2, -0.15) is 0 Å². The topological polar surface area (TPSA) is 83.8 Å². The van der Waals surface area contributed by atoms with Gasteiger partial charge in [0, 0.05) is 35.6 Å². The zero-order valence-electron chi connectivity index (χ0n) is 18.7. The molecule has 0 aliphatic heterocycles. The average Bonchev–Trinajstić information content (AvgIpc) is 2.92. The Labute approximate surface area is 188 Å². The summed E-state index contributed by atoms with van der Waals surface area (Å²) in [6.07, 6.45) is 1.40. The molecule has 2 N–H and O–H groups in total. The summed E-state index contributed by atoms with van der Waals surface area (Å²) in [6.45, 7) is 5.47. The van der Waals surface area contributed by atoms with Crippen molar-refractivity contribution >= 4 is 29.2 Å². The number of halogens is 1. The number of ketones is 2. The second-order valence-corrected chi connectivity index (χ2v) is 11.0. The lowest BCUT2D eigenvalue weighted by Gasteiger charge is -2.63. The second kappa shape index (κ2) is 7.24. The van der Waals surface area contributed by atoms with Gasteiger partial charge < -0.3 is 14.9 Å². The third-order valence-corrected chi connectivity index (χ3v) is 9.88. The van der Waals surface area contributed by atoms with Gasteiger partial charge in [-0.15, -0.1) is 0 Å². The van der Waals surface area contributed by atoms with Crippen molar-refractivity contribution < 1.29 is 28.9 Å². The van der Waals surface area contributed by atoms with Crippen molar-refractivity contribution in [1.82, 2.24) is 0 Å². The van der Waals surface area contributed by atoms with Crippen LogP contribution in [0.4, 0.5) is 4.39 Å². The number of ether oxygens (including phenoxy) is 1. The number of hydrogen-bond acceptors (Lipinski definition) is 6. The fraction of sp³-hybridized carbons (Fsp3) is 0.792. The van der Waals surface area contributed by atoms with Crippen molar-refractivity contribution in [2.75, 3.05) is 7.11 Å². The smallest absolute Gasteiger partial charge is 0.198 e. The van der Waals surface area contributed by atoms with E-state index >= 15 is 4.39 Å². The fourth-order valence-corrected chi connectivity index (χ4v) is 8.11. The third-order valence-electron chi connectivity index (χ3n) is 9.63. The molecule has 3 saturated carbocycles. The molecule has 0 amide bonds. The number of fused-ring (bicyclic) bond motifs is 5. The van der Waals surface area contributed by atoms with Crippen LogP contribution in [0.1, 0.15) is 59.3 Å². The summed E-state index contributed by atoms with van der Waals surface area (Å²) in [4.78, 5) is 25.4. The standard InChI is InChI=1S/C24H33FO5S/c1-13-9-17-16-6-5-14-10-15(26)7-8-21(14,2)23(16,25)19(27)11-22(17,3)24(13,29)20(28)18(12-31)30-4/h10,12-13,16-19,27,29H,5-9,11H2,1-4H3/t13-,16-,17-,18?,19-,21-,22-,23-,24-/m0/s1. The molecule has 172 valence electrons. The molecule has 0 aromatic rings. The SMILES string of the molecule is COC(C=S)C(=O)[C@@]1(O)[C@@H](C)C[C@H]2[C@@H]3CCC4=CC(=O)CC[C@]4(C)[C@@]3(F)[C@@H](O)C[C@@]21C. The quantitative estimate of drug-likeness (QED) is 0.638. The first-order valence-corrected chi connectivity index (χ1v) is 11.7. The van der Waals surface area contributed by atoms with Gasteiger partial charge in [0.2, 0.25) is 0 Å². The zero-order valence-corrected chi connectivity index (χ0v) is 19.5. The first-order valence-electron chi connectivity index (χ1n) is 11.3. The molecule has 0 radical (unpaired) electrons. The number of thiocarbonyl (C=S) groups is 1. The summed E-state index contributed by atoms with van der Waals surface area (Å²) in [5, 5.41) is 24.4. The Hall–Kier alpha value is -1.02. The average molecular weight is 453 g/mol. The number of methoxy groups -OCH3 is 1. The maximum atomic E-state index is 17.1. The molecule has 7 heteroatoms.